The molecule has 0 bridgehead atoms. The molecule has 0 saturated heterocycles. The van der Waals surface area contributed by atoms with E-state index >= 15 is 0 Å². The lowest BCUT2D eigenvalue weighted by molar-refractivity contribution is 0.757. The van der Waals surface area contributed by atoms with Gasteiger partial charge in [-0.2, -0.15) is 0 Å². The van der Waals surface area contributed by atoms with E-state index < -0.39 is 0 Å². The Labute approximate surface area is 111 Å². The molecule has 1 aromatic heterocycles. The maximum atomic E-state index is 11.9. The van der Waals surface area contributed by atoms with Crippen molar-refractivity contribution in [3.63, 3.8) is 0 Å². The highest BCUT2D eigenvalue weighted by Crippen LogP contribution is 2.20. The molecule has 4 heteroatoms. The second kappa shape index (κ2) is 4.63. The van der Waals surface area contributed by atoms with Crippen LogP contribution in [-0.2, 0) is 13.1 Å². The normalized spacial score (nSPS) is 13.8. The second-order valence-electron chi connectivity index (χ2n) is 5.22. The molecule has 2 aromatic rings. The Kier molecular flexibility index (Phi) is 2.95. The number of aromatic amines is 1. The largest absolute Gasteiger partial charge is 0.307 e. The monoisotopic (exact) mass is 255 g/mol. The number of nitrogens with zero attached hydrogens (tertiary/aromatic N) is 1. The summed E-state index contributed by atoms with van der Waals surface area (Å²) in [6, 6.07) is 8.21. The summed E-state index contributed by atoms with van der Waals surface area (Å²) < 4.78 is 0. The number of hydrogen-bond acceptors (Lipinski definition) is 3. The fourth-order valence-electron chi connectivity index (χ4n) is 2.34. The summed E-state index contributed by atoms with van der Waals surface area (Å²) in [5, 5.41) is 3.15. The van der Waals surface area contributed by atoms with Gasteiger partial charge in [0, 0.05) is 18.7 Å². The molecule has 1 aromatic carbocycles. The van der Waals surface area contributed by atoms with E-state index in [-0.39, 0.29) is 5.56 Å². The van der Waals surface area contributed by atoms with Crippen molar-refractivity contribution in [2.75, 3.05) is 0 Å². The van der Waals surface area contributed by atoms with Gasteiger partial charge in [0.2, 0.25) is 0 Å². The predicted octanol–water partition coefficient (Wildman–Crippen LogP) is 2.16. The zero-order valence-electron chi connectivity index (χ0n) is 11.2. The molecule has 4 nitrogen and oxygen atoms in total. The van der Waals surface area contributed by atoms with E-state index in [0.717, 1.165) is 16.8 Å². The summed E-state index contributed by atoms with van der Waals surface area (Å²) in [7, 11) is 0. The van der Waals surface area contributed by atoms with Crippen molar-refractivity contribution in [2.45, 2.75) is 32.9 Å². The molecule has 3 rings (SSSR count). The van der Waals surface area contributed by atoms with E-state index in [1.165, 1.54) is 5.56 Å². The highest BCUT2D eigenvalue weighted by molar-refractivity contribution is 5.56. The molecule has 98 valence electrons. The maximum absolute atomic E-state index is 11.9. The van der Waals surface area contributed by atoms with Gasteiger partial charge in [0.15, 0.2) is 0 Å². The van der Waals surface area contributed by atoms with Crippen molar-refractivity contribution in [2.24, 2.45) is 0 Å². The summed E-state index contributed by atoms with van der Waals surface area (Å²) in [5.74, 6) is 1.16. The van der Waals surface area contributed by atoms with Crippen molar-refractivity contribution < 1.29 is 0 Å². The minimum atomic E-state index is -0.0297. The summed E-state index contributed by atoms with van der Waals surface area (Å²) in [6.07, 6.45) is 0. The van der Waals surface area contributed by atoms with Crippen molar-refractivity contribution in [1.82, 2.24) is 15.3 Å². The van der Waals surface area contributed by atoms with Gasteiger partial charge in [-0.3, -0.25) is 4.79 Å². The first kappa shape index (κ1) is 12.1. The summed E-state index contributed by atoms with van der Waals surface area (Å²) in [6.45, 7) is 5.62. The fourth-order valence-corrected chi connectivity index (χ4v) is 2.34. The molecule has 2 N–H and O–H groups in total. The third kappa shape index (κ3) is 2.19. The molecule has 0 saturated carbocycles. The highest BCUT2D eigenvalue weighted by Gasteiger charge is 2.17. The maximum Gasteiger partial charge on any atom is 0.255 e. The van der Waals surface area contributed by atoms with Crippen LogP contribution in [-0.4, -0.2) is 9.97 Å². The van der Waals surface area contributed by atoms with E-state index in [2.05, 4.69) is 41.3 Å². The Morgan fingerprint density at radius 3 is 2.58 bits per heavy atom. The number of benzene rings is 1. The SMILES string of the molecule is CC(C)c1ccc(-c2nc3c(c(=O)[nH]2)CNC3)cc1. The number of fused-ring (bicyclic) bond motifs is 1. The molecule has 0 aliphatic carbocycles. The van der Waals surface area contributed by atoms with Crippen LogP contribution >= 0.6 is 0 Å². The molecule has 0 fully saturated rings. The third-order valence-corrected chi connectivity index (χ3v) is 3.55. The van der Waals surface area contributed by atoms with E-state index in [1.54, 1.807) is 0 Å². The Balaban J connectivity index is 2.03. The average Bonchev–Trinajstić information content (AvgIpc) is 2.87. The lowest BCUT2D eigenvalue weighted by atomic mass is 10.0. The lowest BCUT2D eigenvalue weighted by Crippen LogP contribution is -2.15. The first-order valence-corrected chi connectivity index (χ1v) is 6.58. The van der Waals surface area contributed by atoms with Crippen molar-refractivity contribution in [3.05, 3.63) is 51.4 Å². The minimum Gasteiger partial charge on any atom is -0.307 e. The first-order chi connectivity index (χ1) is 9.15. The number of nitrogens with one attached hydrogen (secondary N) is 2. The highest BCUT2D eigenvalue weighted by atomic mass is 16.1. The Hall–Kier alpha value is -1.94. The van der Waals surface area contributed by atoms with Crippen molar-refractivity contribution in [1.29, 1.82) is 0 Å². The van der Waals surface area contributed by atoms with E-state index in [0.29, 0.717) is 24.8 Å². The summed E-state index contributed by atoms with van der Waals surface area (Å²) in [5.41, 5.74) is 3.84. The average molecular weight is 255 g/mol. The smallest absolute Gasteiger partial charge is 0.255 e. The molecule has 1 aliphatic rings. The van der Waals surface area contributed by atoms with E-state index in [4.69, 9.17) is 0 Å². The van der Waals surface area contributed by atoms with Crippen LogP contribution in [0.25, 0.3) is 11.4 Å². The van der Waals surface area contributed by atoms with Gasteiger partial charge in [0.1, 0.15) is 5.82 Å². The Morgan fingerprint density at radius 1 is 1.16 bits per heavy atom. The molecule has 19 heavy (non-hydrogen) atoms. The molecule has 0 unspecified atom stereocenters. The van der Waals surface area contributed by atoms with Gasteiger partial charge in [-0.25, -0.2) is 4.98 Å². The molecule has 1 aliphatic heterocycles. The molecule has 2 heterocycles. The second-order valence-corrected chi connectivity index (χ2v) is 5.22. The van der Waals surface area contributed by atoms with Gasteiger partial charge in [0.25, 0.3) is 5.56 Å². The molecular formula is C15H17N3O. The van der Waals surface area contributed by atoms with Crippen LogP contribution in [0.5, 0.6) is 0 Å². The Bertz CT molecular complexity index is 656. The molecular weight excluding hydrogens is 238 g/mol. The number of aromatic nitrogens is 2. The van der Waals surface area contributed by atoms with Crippen molar-refractivity contribution in [3.8, 4) is 11.4 Å². The van der Waals surface area contributed by atoms with Crippen LogP contribution < -0.4 is 10.9 Å². The summed E-state index contributed by atoms with van der Waals surface area (Å²) >= 11 is 0. The minimum absolute atomic E-state index is 0.0297. The van der Waals surface area contributed by atoms with Gasteiger partial charge in [-0.15, -0.1) is 0 Å². The van der Waals surface area contributed by atoms with E-state index in [1.807, 2.05) is 12.1 Å². The van der Waals surface area contributed by atoms with Crippen molar-refractivity contribution >= 4 is 0 Å². The van der Waals surface area contributed by atoms with E-state index in [9.17, 15) is 4.79 Å². The van der Waals surface area contributed by atoms with Crippen LogP contribution in [0.2, 0.25) is 0 Å². The molecule has 0 spiro atoms. The molecule has 0 amide bonds. The lowest BCUT2D eigenvalue weighted by Gasteiger charge is -2.07. The zero-order chi connectivity index (χ0) is 13.4. The van der Waals surface area contributed by atoms with Crippen LogP contribution in [0, 0.1) is 0 Å². The standard InChI is InChI=1S/C15H17N3O/c1-9(2)10-3-5-11(6-4-10)14-17-13-8-16-7-12(13)15(19)18-14/h3-6,9,16H,7-8H2,1-2H3,(H,17,18,19). The fraction of sp³-hybridized carbons (Fsp3) is 0.333. The van der Waals surface area contributed by atoms with Crippen LogP contribution in [0.3, 0.4) is 0 Å². The number of rotatable bonds is 2. The van der Waals surface area contributed by atoms with Crippen LogP contribution in [0.1, 0.15) is 36.6 Å². The van der Waals surface area contributed by atoms with Gasteiger partial charge >= 0.3 is 0 Å². The summed E-state index contributed by atoms with van der Waals surface area (Å²) in [4.78, 5) is 19.4. The predicted molar refractivity (Wildman–Crippen MR) is 74.9 cm³/mol. The zero-order valence-corrected chi connectivity index (χ0v) is 11.2. The molecule has 0 radical (unpaired) electrons. The van der Waals surface area contributed by atoms with Crippen LogP contribution in [0.15, 0.2) is 29.1 Å². The van der Waals surface area contributed by atoms with Gasteiger partial charge < -0.3 is 10.3 Å². The topological polar surface area (TPSA) is 57.8 Å². The number of hydrogen-bond donors (Lipinski definition) is 2. The Morgan fingerprint density at radius 2 is 1.89 bits per heavy atom. The number of H-pyrrole nitrogens is 1. The van der Waals surface area contributed by atoms with Gasteiger partial charge in [-0.05, 0) is 11.5 Å². The quantitative estimate of drug-likeness (QED) is 0.864. The van der Waals surface area contributed by atoms with Crippen LogP contribution in [0.4, 0.5) is 0 Å². The first-order valence-electron chi connectivity index (χ1n) is 6.58. The van der Waals surface area contributed by atoms with Gasteiger partial charge in [-0.1, -0.05) is 38.1 Å². The third-order valence-electron chi connectivity index (χ3n) is 3.55. The van der Waals surface area contributed by atoms with Gasteiger partial charge in [0.05, 0.1) is 11.3 Å². The molecule has 0 atom stereocenters.